The van der Waals surface area contributed by atoms with Gasteiger partial charge in [-0.3, -0.25) is 14.5 Å². The van der Waals surface area contributed by atoms with E-state index in [0.717, 1.165) is 23.4 Å². The number of ether oxygens (including phenoxy) is 1. The van der Waals surface area contributed by atoms with E-state index in [0.29, 0.717) is 22.6 Å². The average molecular weight is 515 g/mol. The molecule has 0 fully saturated rings. The van der Waals surface area contributed by atoms with E-state index in [-0.39, 0.29) is 22.2 Å². The molecular formula is C30H34N4O4. The van der Waals surface area contributed by atoms with Gasteiger partial charge in [0.2, 0.25) is 0 Å². The predicted octanol–water partition coefficient (Wildman–Crippen LogP) is 7.37. The third kappa shape index (κ3) is 5.85. The first-order valence-corrected chi connectivity index (χ1v) is 12.6. The SMILES string of the molecule is Cc1ccn2c(NC(C)(C)CC(C)(C)C)c(-c3ccccc3OC(=O)c3ccc(C)c([N+](=O)[O-])c3)nc2c1. The largest absolute Gasteiger partial charge is 0.422 e. The smallest absolute Gasteiger partial charge is 0.343 e. The first-order chi connectivity index (χ1) is 17.7. The van der Waals surface area contributed by atoms with Gasteiger partial charge in [0.25, 0.3) is 5.69 Å². The number of rotatable bonds is 7. The second kappa shape index (κ2) is 9.93. The molecule has 0 radical (unpaired) electrons. The van der Waals surface area contributed by atoms with Crippen LogP contribution < -0.4 is 10.1 Å². The molecule has 198 valence electrons. The first-order valence-electron chi connectivity index (χ1n) is 12.6. The number of esters is 1. The lowest BCUT2D eigenvalue weighted by atomic mass is 9.82. The minimum Gasteiger partial charge on any atom is -0.422 e. The van der Waals surface area contributed by atoms with Gasteiger partial charge in [-0.1, -0.05) is 39.0 Å². The number of aromatic nitrogens is 2. The van der Waals surface area contributed by atoms with Crippen molar-refractivity contribution >= 4 is 23.1 Å². The van der Waals surface area contributed by atoms with Crippen LogP contribution in [0.2, 0.25) is 0 Å². The van der Waals surface area contributed by atoms with Crippen molar-refractivity contribution in [3.63, 3.8) is 0 Å². The molecule has 0 aliphatic carbocycles. The Morgan fingerprint density at radius 2 is 1.76 bits per heavy atom. The summed E-state index contributed by atoms with van der Waals surface area (Å²) >= 11 is 0. The Morgan fingerprint density at radius 1 is 1.05 bits per heavy atom. The Morgan fingerprint density at radius 3 is 2.45 bits per heavy atom. The molecule has 2 heterocycles. The Labute approximate surface area is 222 Å². The Hall–Kier alpha value is -4.20. The zero-order chi connectivity index (χ0) is 27.8. The molecule has 0 saturated heterocycles. The molecule has 0 bridgehead atoms. The topological polar surface area (TPSA) is 98.8 Å². The van der Waals surface area contributed by atoms with E-state index >= 15 is 0 Å². The number of hydrogen-bond acceptors (Lipinski definition) is 6. The van der Waals surface area contributed by atoms with Crippen molar-refractivity contribution in [3.05, 3.63) is 87.6 Å². The summed E-state index contributed by atoms with van der Waals surface area (Å²) in [6.45, 7) is 14.6. The van der Waals surface area contributed by atoms with Gasteiger partial charge in [-0.2, -0.15) is 0 Å². The van der Waals surface area contributed by atoms with Crippen LogP contribution in [0.25, 0.3) is 16.9 Å². The molecule has 2 aromatic heterocycles. The minimum absolute atomic E-state index is 0.0951. The van der Waals surface area contributed by atoms with Gasteiger partial charge in [0.15, 0.2) is 0 Å². The van der Waals surface area contributed by atoms with Crippen LogP contribution in [0.3, 0.4) is 0 Å². The van der Waals surface area contributed by atoms with Gasteiger partial charge < -0.3 is 10.1 Å². The zero-order valence-electron chi connectivity index (χ0n) is 23.0. The maximum atomic E-state index is 13.1. The van der Waals surface area contributed by atoms with Crippen molar-refractivity contribution in [2.45, 2.75) is 60.4 Å². The highest BCUT2D eigenvalue weighted by molar-refractivity contribution is 5.93. The van der Waals surface area contributed by atoms with Crippen molar-refractivity contribution in [2.75, 3.05) is 5.32 Å². The molecular weight excluding hydrogens is 480 g/mol. The minimum atomic E-state index is -0.678. The van der Waals surface area contributed by atoms with Crippen molar-refractivity contribution in [1.82, 2.24) is 9.38 Å². The van der Waals surface area contributed by atoms with Gasteiger partial charge >= 0.3 is 5.97 Å². The Bertz CT molecular complexity index is 1530. The van der Waals surface area contributed by atoms with E-state index in [4.69, 9.17) is 9.72 Å². The molecule has 4 aromatic rings. The van der Waals surface area contributed by atoms with Crippen LogP contribution >= 0.6 is 0 Å². The van der Waals surface area contributed by atoms with Gasteiger partial charge in [0.1, 0.15) is 22.9 Å². The van der Waals surface area contributed by atoms with Crippen LogP contribution in [0.1, 0.15) is 62.5 Å². The molecule has 0 unspecified atom stereocenters. The second-order valence-corrected chi connectivity index (χ2v) is 11.6. The number of nitro benzene ring substituents is 1. The fourth-order valence-electron chi connectivity index (χ4n) is 4.99. The standard InChI is InChI=1S/C30H34N4O4/c1-19-14-15-33-25(16-19)31-26(27(33)32-30(6,7)18-29(3,4)5)22-10-8-9-11-24(22)38-28(35)21-13-12-20(2)23(17-21)34(36)37/h8-17,32H,18H2,1-7H3. The van der Waals surface area contributed by atoms with Crippen molar-refractivity contribution in [2.24, 2.45) is 5.41 Å². The number of pyridine rings is 1. The monoisotopic (exact) mass is 514 g/mol. The van der Waals surface area contributed by atoms with Crippen LogP contribution in [0, 0.1) is 29.4 Å². The predicted molar refractivity (Wildman–Crippen MR) is 150 cm³/mol. The van der Waals surface area contributed by atoms with Crippen LogP contribution in [-0.2, 0) is 0 Å². The highest BCUT2D eigenvalue weighted by atomic mass is 16.6. The molecule has 2 aromatic carbocycles. The molecule has 8 nitrogen and oxygen atoms in total. The summed E-state index contributed by atoms with van der Waals surface area (Å²) in [7, 11) is 0. The number of nitrogens with zero attached hydrogens (tertiary/aromatic N) is 3. The van der Waals surface area contributed by atoms with Gasteiger partial charge in [-0.25, -0.2) is 9.78 Å². The summed E-state index contributed by atoms with van der Waals surface area (Å²) in [4.78, 5) is 28.9. The van der Waals surface area contributed by atoms with E-state index in [2.05, 4.69) is 39.9 Å². The molecule has 0 atom stereocenters. The number of imidazole rings is 1. The van der Waals surface area contributed by atoms with Gasteiger partial charge in [0, 0.05) is 28.9 Å². The number of carbonyl (C=O) groups is 1. The Balaban J connectivity index is 1.79. The van der Waals surface area contributed by atoms with Crippen LogP contribution in [0.4, 0.5) is 11.5 Å². The van der Waals surface area contributed by atoms with E-state index in [1.54, 1.807) is 25.1 Å². The highest BCUT2D eigenvalue weighted by Gasteiger charge is 2.29. The number of nitrogens with one attached hydrogen (secondary N) is 1. The molecule has 38 heavy (non-hydrogen) atoms. The Kier molecular flexibility index (Phi) is 7.02. The van der Waals surface area contributed by atoms with E-state index in [9.17, 15) is 14.9 Å². The summed E-state index contributed by atoms with van der Waals surface area (Å²) in [5.41, 5.74) is 3.41. The molecule has 8 heteroatoms. The van der Waals surface area contributed by atoms with Crippen LogP contribution in [-0.4, -0.2) is 25.8 Å². The maximum absolute atomic E-state index is 13.1. The summed E-state index contributed by atoms with van der Waals surface area (Å²) < 4.78 is 7.82. The van der Waals surface area contributed by atoms with Crippen LogP contribution in [0.5, 0.6) is 5.75 Å². The number of aryl methyl sites for hydroxylation is 2. The quantitative estimate of drug-likeness (QED) is 0.120. The third-order valence-corrected chi connectivity index (χ3v) is 6.20. The first kappa shape index (κ1) is 26.9. The maximum Gasteiger partial charge on any atom is 0.343 e. The molecule has 1 N–H and O–H groups in total. The lowest BCUT2D eigenvalue weighted by Crippen LogP contribution is -2.36. The van der Waals surface area contributed by atoms with Crippen molar-refractivity contribution in [3.8, 4) is 17.0 Å². The number of para-hydroxylation sites is 1. The van der Waals surface area contributed by atoms with E-state index < -0.39 is 10.9 Å². The van der Waals surface area contributed by atoms with Crippen molar-refractivity contribution < 1.29 is 14.5 Å². The number of anilines is 1. The van der Waals surface area contributed by atoms with Gasteiger partial charge in [0.05, 0.1) is 10.5 Å². The highest BCUT2D eigenvalue weighted by Crippen LogP contribution is 2.38. The van der Waals surface area contributed by atoms with Crippen LogP contribution in [0.15, 0.2) is 60.8 Å². The summed E-state index contributed by atoms with van der Waals surface area (Å²) in [5, 5.41) is 15.1. The average Bonchev–Trinajstić information content (AvgIpc) is 3.14. The molecule has 0 amide bonds. The summed E-state index contributed by atoms with van der Waals surface area (Å²) in [5.74, 6) is 0.434. The van der Waals surface area contributed by atoms with Gasteiger partial charge in [-0.05, 0) is 75.4 Å². The van der Waals surface area contributed by atoms with Gasteiger partial charge in [-0.15, -0.1) is 0 Å². The number of carbonyl (C=O) groups excluding carboxylic acids is 1. The fraction of sp³-hybridized carbons (Fsp3) is 0.333. The lowest BCUT2D eigenvalue weighted by Gasteiger charge is -2.34. The molecule has 4 rings (SSSR count). The number of fused-ring (bicyclic) bond motifs is 1. The normalized spacial score (nSPS) is 12.0. The molecule has 0 aliphatic rings. The molecule has 0 spiro atoms. The van der Waals surface area contributed by atoms with Crippen molar-refractivity contribution in [1.29, 1.82) is 0 Å². The number of benzene rings is 2. The number of hydrogen-bond donors (Lipinski definition) is 1. The van der Waals surface area contributed by atoms with E-state index in [1.807, 2.05) is 41.8 Å². The molecule has 0 saturated carbocycles. The second-order valence-electron chi connectivity index (χ2n) is 11.6. The van der Waals surface area contributed by atoms with E-state index in [1.165, 1.54) is 12.1 Å². The fourth-order valence-corrected chi connectivity index (χ4v) is 4.99. The third-order valence-electron chi connectivity index (χ3n) is 6.20. The summed E-state index contributed by atoms with van der Waals surface area (Å²) in [6.07, 6.45) is 2.89. The molecule has 0 aliphatic heterocycles. The number of nitro groups is 1. The summed E-state index contributed by atoms with van der Waals surface area (Å²) in [6, 6.07) is 15.6. The lowest BCUT2D eigenvalue weighted by molar-refractivity contribution is -0.385. The zero-order valence-corrected chi connectivity index (χ0v) is 23.0.